The zero-order chi connectivity index (χ0) is 11.4. The summed E-state index contributed by atoms with van der Waals surface area (Å²) in [6.45, 7) is 5.41. The second-order valence-electron chi connectivity index (χ2n) is 4.04. The van der Waals surface area contributed by atoms with E-state index in [1.54, 1.807) is 6.07 Å². The molecule has 1 aromatic rings. The van der Waals surface area contributed by atoms with E-state index in [0.717, 1.165) is 19.5 Å². The standard InChI is InChI=1S/C12H17NO3/c1-2-4-13-5-7-16-11(8-13)12(14)10-3-6-15-9-10/h3,6,9,11H,2,4-5,7-8H2,1H3. The van der Waals surface area contributed by atoms with Crippen molar-refractivity contribution in [1.29, 1.82) is 0 Å². The summed E-state index contributed by atoms with van der Waals surface area (Å²) in [5.74, 6) is 0.0227. The van der Waals surface area contributed by atoms with Crippen LogP contribution in [0.15, 0.2) is 23.0 Å². The first-order chi connectivity index (χ1) is 7.81. The number of ketones is 1. The number of Topliss-reactive ketones (excluding diaryl/α,β-unsaturated/α-hetero) is 1. The van der Waals surface area contributed by atoms with E-state index in [1.165, 1.54) is 12.5 Å². The molecule has 0 aromatic carbocycles. The van der Waals surface area contributed by atoms with Crippen molar-refractivity contribution in [3.05, 3.63) is 24.2 Å². The predicted molar refractivity (Wildman–Crippen MR) is 59.5 cm³/mol. The van der Waals surface area contributed by atoms with Gasteiger partial charge in [-0.2, -0.15) is 0 Å². The molecule has 4 nitrogen and oxygen atoms in total. The second kappa shape index (κ2) is 5.27. The fraction of sp³-hybridized carbons (Fsp3) is 0.583. The van der Waals surface area contributed by atoms with Gasteiger partial charge in [0.05, 0.1) is 18.4 Å². The Bertz CT molecular complexity index is 332. The van der Waals surface area contributed by atoms with Crippen molar-refractivity contribution in [2.24, 2.45) is 0 Å². The first-order valence-electron chi connectivity index (χ1n) is 5.71. The zero-order valence-electron chi connectivity index (χ0n) is 9.52. The van der Waals surface area contributed by atoms with Crippen LogP contribution < -0.4 is 0 Å². The Morgan fingerprint density at radius 3 is 3.19 bits per heavy atom. The molecular weight excluding hydrogens is 206 g/mol. The van der Waals surface area contributed by atoms with Gasteiger partial charge in [0.1, 0.15) is 12.4 Å². The van der Waals surface area contributed by atoms with Crippen molar-refractivity contribution in [2.75, 3.05) is 26.2 Å². The molecule has 0 radical (unpaired) electrons. The van der Waals surface area contributed by atoms with Crippen LogP contribution in [-0.2, 0) is 4.74 Å². The minimum atomic E-state index is -0.335. The molecule has 16 heavy (non-hydrogen) atoms. The number of carbonyl (C=O) groups excluding carboxylic acids is 1. The summed E-state index contributed by atoms with van der Waals surface area (Å²) in [4.78, 5) is 14.3. The highest BCUT2D eigenvalue weighted by Gasteiger charge is 2.27. The van der Waals surface area contributed by atoms with Crippen molar-refractivity contribution < 1.29 is 13.9 Å². The highest BCUT2D eigenvalue weighted by Crippen LogP contribution is 2.12. The van der Waals surface area contributed by atoms with Gasteiger partial charge in [-0.15, -0.1) is 0 Å². The van der Waals surface area contributed by atoms with Crippen molar-refractivity contribution in [3.63, 3.8) is 0 Å². The Morgan fingerprint density at radius 2 is 2.50 bits per heavy atom. The highest BCUT2D eigenvalue weighted by molar-refractivity contribution is 5.99. The van der Waals surface area contributed by atoms with Crippen LogP contribution in [0.1, 0.15) is 23.7 Å². The van der Waals surface area contributed by atoms with Crippen LogP contribution in [0.25, 0.3) is 0 Å². The van der Waals surface area contributed by atoms with Crippen LogP contribution in [0.2, 0.25) is 0 Å². The predicted octanol–water partition coefficient (Wildman–Crippen LogP) is 1.57. The van der Waals surface area contributed by atoms with Gasteiger partial charge >= 0.3 is 0 Å². The minimum Gasteiger partial charge on any atom is -0.472 e. The SMILES string of the molecule is CCCN1CCOC(C(=O)c2ccoc2)C1. The van der Waals surface area contributed by atoms with Crippen molar-refractivity contribution in [1.82, 2.24) is 4.90 Å². The number of furan rings is 1. The Balaban J connectivity index is 1.96. The van der Waals surface area contributed by atoms with Crippen LogP contribution in [0, 0.1) is 0 Å². The lowest BCUT2D eigenvalue weighted by atomic mass is 10.1. The molecule has 1 atom stereocenters. The number of ether oxygens (including phenoxy) is 1. The summed E-state index contributed by atoms with van der Waals surface area (Å²) >= 11 is 0. The molecule has 1 fully saturated rings. The quantitative estimate of drug-likeness (QED) is 0.727. The van der Waals surface area contributed by atoms with Gasteiger partial charge in [-0.1, -0.05) is 6.92 Å². The molecule has 2 heterocycles. The van der Waals surface area contributed by atoms with Gasteiger partial charge in [0.2, 0.25) is 0 Å². The van der Waals surface area contributed by atoms with Crippen molar-refractivity contribution in [2.45, 2.75) is 19.4 Å². The Morgan fingerprint density at radius 1 is 1.62 bits per heavy atom. The number of carbonyl (C=O) groups is 1. The number of nitrogens with zero attached hydrogens (tertiary/aromatic N) is 1. The second-order valence-corrected chi connectivity index (χ2v) is 4.04. The first-order valence-corrected chi connectivity index (χ1v) is 5.71. The molecule has 0 N–H and O–H groups in total. The van der Waals surface area contributed by atoms with Crippen LogP contribution >= 0.6 is 0 Å². The molecule has 2 rings (SSSR count). The van der Waals surface area contributed by atoms with Gasteiger partial charge in [-0.3, -0.25) is 9.69 Å². The van der Waals surface area contributed by atoms with Crippen LogP contribution in [0.5, 0.6) is 0 Å². The van der Waals surface area contributed by atoms with E-state index in [2.05, 4.69) is 11.8 Å². The molecular formula is C12H17NO3. The van der Waals surface area contributed by atoms with Crippen LogP contribution in [0.4, 0.5) is 0 Å². The molecule has 4 heteroatoms. The number of hydrogen-bond acceptors (Lipinski definition) is 4. The van der Waals surface area contributed by atoms with Gasteiger partial charge in [0, 0.05) is 13.1 Å². The molecule has 0 saturated carbocycles. The Hall–Kier alpha value is -1.13. The summed E-state index contributed by atoms with van der Waals surface area (Å²) in [6.07, 6.45) is 3.76. The van der Waals surface area contributed by atoms with E-state index in [1.807, 2.05) is 0 Å². The van der Waals surface area contributed by atoms with E-state index in [0.29, 0.717) is 18.7 Å². The molecule has 1 saturated heterocycles. The number of rotatable bonds is 4. The lowest BCUT2D eigenvalue weighted by Crippen LogP contribution is -2.46. The van der Waals surface area contributed by atoms with Crippen LogP contribution in [-0.4, -0.2) is 43.0 Å². The summed E-state index contributed by atoms with van der Waals surface area (Å²) in [5, 5.41) is 0. The minimum absolute atomic E-state index is 0.0227. The van der Waals surface area contributed by atoms with Gasteiger partial charge in [0.25, 0.3) is 0 Å². The molecule has 0 spiro atoms. The van der Waals surface area contributed by atoms with Crippen LogP contribution in [0.3, 0.4) is 0 Å². The molecule has 88 valence electrons. The van der Waals surface area contributed by atoms with Gasteiger partial charge in [0.15, 0.2) is 5.78 Å². The van der Waals surface area contributed by atoms with Gasteiger partial charge in [-0.05, 0) is 19.0 Å². The average Bonchev–Trinajstić information content (AvgIpc) is 2.82. The van der Waals surface area contributed by atoms with E-state index >= 15 is 0 Å². The third kappa shape index (κ3) is 2.51. The topological polar surface area (TPSA) is 42.7 Å². The largest absolute Gasteiger partial charge is 0.472 e. The summed E-state index contributed by atoms with van der Waals surface area (Å²) in [5.41, 5.74) is 0.600. The monoisotopic (exact) mass is 223 g/mol. The lowest BCUT2D eigenvalue weighted by molar-refractivity contribution is -0.0164. The van der Waals surface area contributed by atoms with E-state index in [9.17, 15) is 4.79 Å². The fourth-order valence-corrected chi connectivity index (χ4v) is 1.97. The molecule has 1 aliphatic heterocycles. The Kier molecular flexibility index (Phi) is 3.74. The molecule has 1 unspecified atom stereocenters. The molecule has 1 aromatic heterocycles. The average molecular weight is 223 g/mol. The van der Waals surface area contributed by atoms with E-state index in [-0.39, 0.29) is 11.9 Å². The fourth-order valence-electron chi connectivity index (χ4n) is 1.97. The molecule has 0 amide bonds. The summed E-state index contributed by atoms with van der Waals surface area (Å²) in [7, 11) is 0. The zero-order valence-corrected chi connectivity index (χ0v) is 9.52. The Labute approximate surface area is 95.2 Å². The van der Waals surface area contributed by atoms with Gasteiger partial charge < -0.3 is 9.15 Å². The van der Waals surface area contributed by atoms with Crippen molar-refractivity contribution in [3.8, 4) is 0 Å². The molecule has 1 aliphatic rings. The van der Waals surface area contributed by atoms with E-state index < -0.39 is 0 Å². The third-order valence-corrected chi connectivity index (χ3v) is 2.79. The first kappa shape index (κ1) is 11.4. The maximum Gasteiger partial charge on any atom is 0.196 e. The van der Waals surface area contributed by atoms with E-state index in [4.69, 9.17) is 9.15 Å². The van der Waals surface area contributed by atoms with Gasteiger partial charge in [-0.25, -0.2) is 0 Å². The third-order valence-electron chi connectivity index (χ3n) is 2.79. The maximum absolute atomic E-state index is 12.0. The summed E-state index contributed by atoms with van der Waals surface area (Å²) in [6, 6.07) is 1.68. The maximum atomic E-state index is 12.0. The number of morpholine rings is 1. The molecule has 0 aliphatic carbocycles. The lowest BCUT2D eigenvalue weighted by Gasteiger charge is -2.31. The highest BCUT2D eigenvalue weighted by atomic mass is 16.5. The number of hydrogen-bond donors (Lipinski definition) is 0. The smallest absolute Gasteiger partial charge is 0.196 e. The molecule has 0 bridgehead atoms. The summed E-state index contributed by atoms with van der Waals surface area (Å²) < 4.78 is 10.4. The normalized spacial score (nSPS) is 22.2. The van der Waals surface area contributed by atoms with Crippen molar-refractivity contribution >= 4 is 5.78 Å².